The number of Topliss-reactive ketones (excluding diaryl/α,β-unsaturated/α-hetero) is 1. The van der Waals surface area contributed by atoms with E-state index >= 15 is 0 Å². The maximum absolute atomic E-state index is 13.7. The molecule has 1 aromatic rings. The minimum Gasteiger partial charge on any atom is -0.472 e. The van der Waals surface area contributed by atoms with Crippen LogP contribution >= 0.6 is 0 Å². The van der Waals surface area contributed by atoms with Crippen LogP contribution in [0.3, 0.4) is 0 Å². The van der Waals surface area contributed by atoms with Crippen molar-refractivity contribution in [2.45, 2.75) is 51.7 Å². The van der Waals surface area contributed by atoms with Crippen molar-refractivity contribution in [1.29, 1.82) is 0 Å². The van der Waals surface area contributed by atoms with Crippen LogP contribution in [0.1, 0.15) is 51.2 Å². The molecule has 9 nitrogen and oxygen atoms in total. The SMILES string of the molecule is COC(=O)C1CC(OS(C)(=O)=O)C(=O)C2[C@@]1(C)CCC1C(=O)OC(c3ccoc3)C[C@@]12C. The Kier molecular flexibility index (Phi) is 5.52. The summed E-state index contributed by atoms with van der Waals surface area (Å²) in [5.74, 6) is -3.40. The molecule has 2 aliphatic carbocycles. The summed E-state index contributed by atoms with van der Waals surface area (Å²) in [6.45, 7) is 3.73. The lowest BCUT2D eigenvalue weighted by Crippen LogP contribution is -2.64. The van der Waals surface area contributed by atoms with Gasteiger partial charge in [-0.05, 0) is 42.6 Å². The zero-order valence-corrected chi connectivity index (χ0v) is 19.3. The van der Waals surface area contributed by atoms with Crippen LogP contribution in [-0.2, 0) is 38.2 Å². The molecule has 1 aliphatic heterocycles. The summed E-state index contributed by atoms with van der Waals surface area (Å²) in [5, 5.41) is 0. The molecule has 5 unspecified atom stereocenters. The molecule has 2 saturated carbocycles. The lowest BCUT2D eigenvalue weighted by Gasteiger charge is -2.61. The molecule has 0 amide bonds. The molecule has 0 N–H and O–H groups in total. The number of rotatable bonds is 4. The number of esters is 2. The number of hydrogen-bond acceptors (Lipinski definition) is 9. The van der Waals surface area contributed by atoms with E-state index in [1.54, 1.807) is 6.07 Å². The molecule has 4 rings (SSSR count). The second kappa shape index (κ2) is 7.69. The van der Waals surface area contributed by atoms with Crippen LogP contribution in [0.2, 0.25) is 0 Å². The van der Waals surface area contributed by atoms with Crippen molar-refractivity contribution in [3.8, 4) is 0 Å². The molecule has 0 bridgehead atoms. The number of cyclic esters (lactones) is 1. The van der Waals surface area contributed by atoms with Gasteiger partial charge in [0.25, 0.3) is 10.1 Å². The Hall–Kier alpha value is -2.20. The first-order valence-electron chi connectivity index (χ1n) is 10.6. The zero-order valence-electron chi connectivity index (χ0n) is 18.5. The maximum atomic E-state index is 13.7. The Morgan fingerprint density at radius 1 is 1.22 bits per heavy atom. The monoisotopic (exact) mass is 468 g/mol. The van der Waals surface area contributed by atoms with Crippen molar-refractivity contribution in [3.63, 3.8) is 0 Å². The predicted molar refractivity (Wildman–Crippen MR) is 109 cm³/mol. The van der Waals surface area contributed by atoms with Crippen molar-refractivity contribution in [2.75, 3.05) is 13.4 Å². The Morgan fingerprint density at radius 3 is 2.53 bits per heavy atom. The Morgan fingerprint density at radius 2 is 1.94 bits per heavy atom. The van der Waals surface area contributed by atoms with Gasteiger partial charge in [-0.25, -0.2) is 0 Å². The fourth-order valence-electron chi connectivity index (χ4n) is 6.45. The smallest absolute Gasteiger partial charge is 0.310 e. The largest absolute Gasteiger partial charge is 0.472 e. The van der Waals surface area contributed by atoms with E-state index in [2.05, 4.69) is 0 Å². The first-order chi connectivity index (χ1) is 14.9. The number of carbonyl (C=O) groups excluding carboxylic acids is 3. The topological polar surface area (TPSA) is 126 Å². The summed E-state index contributed by atoms with van der Waals surface area (Å²) in [6.07, 6.45) is 3.09. The summed E-state index contributed by atoms with van der Waals surface area (Å²) in [4.78, 5) is 39.6. The highest BCUT2D eigenvalue weighted by atomic mass is 32.2. The van der Waals surface area contributed by atoms with Gasteiger partial charge in [-0.3, -0.25) is 18.6 Å². The van der Waals surface area contributed by atoms with Gasteiger partial charge < -0.3 is 13.9 Å². The fourth-order valence-corrected chi connectivity index (χ4v) is 7.05. The molecule has 0 radical (unpaired) electrons. The average molecular weight is 469 g/mol. The molecule has 176 valence electrons. The van der Waals surface area contributed by atoms with Gasteiger partial charge in [-0.1, -0.05) is 13.8 Å². The summed E-state index contributed by atoms with van der Waals surface area (Å²) < 4.78 is 44.8. The lowest BCUT2D eigenvalue weighted by atomic mass is 9.43. The molecule has 3 fully saturated rings. The van der Waals surface area contributed by atoms with Crippen molar-refractivity contribution < 1.29 is 40.9 Å². The normalized spacial score (nSPS) is 39.6. The Bertz CT molecular complexity index is 1030. The lowest BCUT2D eigenvalue weighted by molar-refractivity contribution is -0.206. The summed E-state index contributed by atoms with van der Waals surface area (Å²) >= 11 is 0. The Balaban J connectivity index is 1.81. The van der Waals surface area contributed by atoms with Crippen molar-refractivity contribution in [1.82, 2.24) is 0 Å². The molecule has 7 atom stereocenters. The molecule has 1 saturated heterocycles. The third-order valence-electron chi connectivity index (χ3n) is 7.79. The highest BCUT2D eigenvalue weighted by Gasteiger charge is 2.67. The fraction of sp³-hybridized carbons (Fsp3) is 0.682. The van der Waals surface area contributed by atoms with E-state index in [1.807, 2.05) is 13.8 Å². The molecule has 1 aromatic heterocycles. The second-order valence-electron chi connectivity index (χ2n) is 9.73. The number of hydrogen-bond donors (Lipinski definition) is 0. The van der Waals surface area contributed by atoms with Crippen LogP contribution in [0, 0.1) is 28.6 Å². The van der Waals surface area contributed by atoms with E-state index in [1.165, 1.54) is 19.6 Å². The zero-order chi connectivity index (χ0) is 23.5. The van der Waals surface area contributed by atoms with Gasteiger partial charge in [-0.2, -0.15) is 8.42 Å². The predicted octanol–water partition coefficient (Wildman–Crippen LogP) is 2.41. The highest BCUT2D eigenvalue weighted by Crippen LogP contribution is 2.65. The van der Waals surface area contributed by atoms with Gasteiger partial charge in [0.1, 0.15) is 12.2 Å². The van der Waals surface area contributed by atoms with Crippen LogP contribution in [0.25, 0.3) is 0 Å². The van der Waals surface area contributed by atoms with E-state index in [9.17, 15) is 22.8 Å². The van der Waals surface area contributed by atoms with Gasteiger partial charge in [0, 0.05) is 11.5 Å². The van der Waals surface area contributed by atoms with Crippen LogP contribution in [-0.4, -0.2) is 45.6 Å². The summed E-state index contributed by atoms with van der Waals surface area (Å²) in [5.41, 5.74) is -1.000. The molecule has 3 aliphatic rings. The van der Waals surface area contributed by atoms with E-state index in [0.717, 1.165) is 6.26 Å². The van der Waals surface area contributed by atoms with Crippen molar-refractivity contribution in [3.05, 3.63) is 24.2 Å². The number of carbonyl (C=O) groups is 3. The van der Waals surface area contributed by atoms with E-state index in [4.69, 9.17) is 18.1 Å². The minimum absolute atomic E-state index is 0.0814. The number of furan rings is 1. The molecule has 2 heterocycles. The van der Waals surface area contributed by atoms with Crippen LogP contribution in [0.4, 0.5) is 0 Å². The van der Waals surface area contributed by atoms with E-state index < -0.39 is 68.6 Å². The quantitative estimate of drug-likeness (QED) is 0.483. The van der Waals surface area contributed by atoms with E-state index in [-0.39, 0.29) is 6.42 Å². The molecular formula is C22H28O9S. The third kappa shape index (κ3) is 3.57. The van der Waals surface area contributed by atoms with Crippen molar-refractivity contribution in [2.24, 2.45) is 28.6 Å². The first kappa shape index (κ1) is 23.0. The number of methoxy groups -OCH3 is 1. The third-order valence-corrected chi connectivity index (χ3v) is 8.38. The van der Waals surface area contributed by atoms with Crippen LogP contribution in [0.15, 0.2) is 23.0 Å². The molecular weight excluding hydrogens is 440 g/mol. The first-order valence-corrected chi connectivity index (χ1v) is 12.4. The standard InChI is InChI=1S/C22H28O9S/c1-21-7-5-13-20(25)30-16(12-6-8-29-11-12)10-22(13,2)18(21)17(23)15(31-32(4,26)27)9-14(21)19(24)28-3/h6,8,11,13-16,18H,5,7,9-10H2,1-4H3/t13?,14?,15?,16?,18?,21-,22-/m0/s1. The van der Waals surface area contributed by atoms with Crippen LogP contribution < -0.4 is 0 Å². The molecule has 32 heavy (non-hydrogen) atoms. The Labute approximate surface area is 186 Å². The number of ketones is 1. The second-order valence-corrected chi connectivity index (χ2v) is 11.3. The van der Waals surface area contributed by atoms with E-state index in [0.29, 0.717) is 24.8 Å². The van der Waals surface area contributed by atoms with Gasteiger partial charge >= 0.3 is 11.9 Å². The highest BCUT2D eigenvalue weighted by molar-refractivity contribution is 7.86. The summed E-state index contributed by atoms with van der Waals surface area (Å²) in [7, 11) is -2.69. The van der Waals surface area contributed by atoms with Gasteiger partial charge in [0.05, 0.1) is 37.7 Å². The minimum atomic E-state index is -3.95. The molecule has 0 aromatic carbocycles. The van der Waals surface area contributed by atoms with Gasteiger partial charge in [0.15, 0.2) is 5.78 Å². The summed E-state index contributed by atoms with van der Waals surface area (Å²) in [6, 6.07) is 1.71. The average Bonchev–Trinajstić information content (AvgIpc) is 3.22. The molecule has 0 spiro atoms. The molecule has 10 heteroatoms. The van der Waals surface area contributed by atoms with Crippen molar-refractivity contribution >= 4 is 27.8 Å². The number of ether oxygens (including phenoxy) is 2. The van der Waals surface area contributed by atoms with Gasteiger partial charge in [0.2, 0.25) is 0 Å². The maximum Gasteiger partial charge on any atom is 0.310 e. The van der Waals surface area contributed by atoms with Crippen LogP contribution in [0.5, 0.6) is 0 Å². The van der Waals surface area contributed by atoms with Gasteiger partial charge in [-0.15, -0.1) is 0 Å². The number of fused-ring (bicyclic) bond motifs is 3.